The van der Waals surface area contributed by atoms with Gasteiger partial charge < -0.3 is 0 Å². The van der Waals surface area contributed by atoms with E-state index < -0.39 is 0 Å². The fourth-order valence-electron chi connectivity index (χ4n) is 3.17. The van der Waals surface area contributed by atoms with Gasteiger partial charge in [-0.3, -0.25) is 14.4 Å². The van der Waals surface area contributed by atoms with Gasteiger partial charge in [0.1, 0.15) is 6.33 Å². The average molecular weight is 295 g/mol. The fraction of sp³-hybridized carbons (Fsp3) is 0.857. The van der Waals surface area contributed by atoms with Crippen LogP contribution in [0.15, 0.2) is 6.33 Å². The summed E-state index contributed by atoms with van der Waals surface area (Å²) in [4.78, 5) is 4.93. The van der Waals surface area contributed by atoms with Crippen molar-refractivity contribution in [3.63, 3.8) is 0 Å². The van der Waals surface area contributed by atoms with Crippen LogP contribution in [0.3, 0.4) is 0 Å². The van der Waals surface area contributed by atoms with Crippen molar-refractivity contribution in [2.75, 3.05) is 26.2 Å². The van der Waals surface area contributed by atoms with Gasteiger partial charge in [0.05, 0.1) is 13.3 Å². The molecule has 3 rings (SSSR count). The largest absolute Gasteiger partial charge is 0.293 e. The van der Waals surface area contributed by atoms with Gasteiger partial charge in [-0.05, 0) is 64.1 Å². The van der Waals surface area contributed by atoms with E-state index in [4.69, 9.17) is 12.2 Å². The van der Waals surface area contributed by atoms with Crippen LogP contribution in [0.4, 0.5) is 0 Å². The van der Waals surface area contributed by atoms with Crippen LogP contribution in [0.5, 0.6) is 0 Å². The first kappa shape index (κ1) is 14.2. The van der Waals surface area contributed by atoms with Gasteiger partial charge in [0.15, 0.2) is 4.77 Å². The van der Waals surface area contributed by atoms with Crippen molar-refractivity contribution in [2.24, 2.45) is 0 Å². The van der Waals surface area contributed by atoms with Gasteiger partial charge in [0, 0.05) is 0 Å². The van der Waals surface area contributed by atoms with Gasteiger partial charge in [-0.2, -0.15) is 5.10 Å². The SMILES string of the molecule is S=c1n(CN2CCCCC2)cnn1CN1CCCCC1. The zero-order valence-corrected chi connectivity index (χ0v) is 13.0. The lowest BCUT2D eigenvalue weighted by atomic mass is 10.1. The molecule has 0 N–H and O–H groups in total. The van der Waals surface area contributed by atoms with Gasteiger partial charge in [-0.1, -0.05) is 12.8 Å². The normalized spacial score (nSPS) is 22.2. The summed E-state index contributed by atoms with van der Waals surface area (Å²) >= 11 is 5.57. The van der Waals surface area contributed by atoms with E-state index >= 15 is 0 Å². The molecular formula is C14H25N5S. The Labute approximate surface area is 126 Å². The third-order valence-electron chi connectivity index (χ3n) is 4.38. The molecule has 3 heterocycles. The summed E-state index contributed by atoms with van der Waals surface area (Å²) in [5, 5.41) is 4.48. The first-order chi connectivity index (χ1) is 9.83. The van der Waals surface area contributed by atoms with Crippen molar-refractivity contribution >= 4 is 12.2 Å². The molecule has 2 saturated heterocycles. The minimum absolute atomic E-state index is 0.853. The van der Waals surface area contributed by atoms with E-state index in [0.29, 0.717) is 0 Å². The summed E-state index contributed by atoms with van der Waals surface area (Å²) in [5.41, 5.74) is 0. The molecule has 0 radical (unpaired) electrons. The summed E-state index contributed by atoms with van der Waals surface area (Å²) in [6, 6.07) is 0. The number of hydrogen-bond acceptors (Lipinski definition) is 4. The van der Waals surface area contributed by atoms with Gasteiger partial charge in [0.25, 0.3) is 0 Å². The van der Waals surface area contributed by atoms with Crippen LogP contribution in [0.1, 0.15) is 38.5 Å². The number of likely N-dealkylation sites (tertiary alicyclic amines) is 2. The monoisotopic (exact) mass is 295 g/mol. The van der Waals surface area contributed by atoms with Crippen molar-refractivity contribution < 1.29 is 0 Å². The number of piperidine rings is 2. The van der Waals surface area contributed by atoms with Crippen LogP contribution in [-0.4, -0.2) is 50.3 Å². The first-order valence-corrected chi connectivity index (χ1v) is 8.31. The highest BCUT2D eigenvalue weighted by Crippen LogP contribution is 2.11. The Bertz CT molecular complexity index is 428. The van der Waals surface area contributed by atoms with Crippen molar-refractivity contribution in [1.29, 1.82) is 0 Å². The highest BCUT2D eigenvalue weighted by Gasteiger charge is 2.14. The fourth-order valence-corrected chi connectivity index (χ4v) is 3.38. The molecule has 1 aromatic rings. The van der Waals surface area contributed by atoms with Crippen molar-refractivity contribution in [3.8, 4) is 0 Å². The summed E-state index contributed by atoms with van der Waals surface area (Å²) in [5.74, 6) is 0. The molecular weight excluding hydrogens is 270 g/mol. The van der Waals surface area contributed by atoms with Crippen LogP contribution < -0.4 is 0 Å². The first-order valence-electron chi connectivity index (χ1n) is 7.90. The van der Waals surface area contributed by atoms with E-state index in [1.807, 2.05) is 11.0 Å². The highest BCUT2D eigenvalue weighted by atomic mass is 32.1. The Morgan fingerprint density at radius 3 is 2.00 bits per heavy atom. The summed E-state index contributed by atoms with van der Waals surface area (Å²) in [7, 11) is 0. The summed E-state index contributed by atoms with van der Waals surface area (Å²) < 4.78 is 4.95. The molecule has 2 aliphatic rings. The molecule has 0 saturated carbocycles. The van der Waals surface area contributed by atoms with Crippen molar-refractivity contribution in [3.05, 3.63) is 11.1 Å². The van der Waals surface area contributed by atoms with E-state index in [1.54, 1.807) is 0 Å². The maximum atomic E-state index is 5.57. The Morgan fingerprint density at radius 1 is 0.850 bits per heavy atom. The van der Waals surface area contributed by atoms with E-state index in [9.17, 15) is 0 Å². The molecule has 112 valence electrons. The van der Waals surface area contributed by atoms with Gasteiger partial charge in [-0.25, -0.2) is 4.68 Å². The van der Waals surface area contributed by atoms with Crippen LogP contribution in [0.2, 0.25) is 0 Å². The molecule has 0 aliphatic carbocycles. The molecule has 2 aliphatic heterocycles. The van der Waals surface area contributed by atoms with Gasteiger partial charge in [-0.15, -0.1) is 0 Å². The third-order valence-corrected chi connectivity index (χ3v) is 4.83. The second-order valence-electron chi connectivity index (χ2n) is 6.02. The molecule has 1 aromatic heterocycles. The second kappa shape index (κ2) is 6.83. The molecule has 6 heteroatoms. The number of nitrogens with zero attached hydrogens (tertiary/aromatic N) is 5. The number of rotatable bonds is 4. The quantitative estimate of drug-likeness (QED) is 0.797. The molecule has 0 amide bonds. The smallest absolute Gasteiger partial charge is 0.200 e. The van der Waals surface area contributed by atoms with Crippen LogP contribution >= 0.6 is 12.2 Å². The topological polar surface area (TPSA) is 29.2 Å². The number of aromatic nitrogens is 3. The predicted octanol–water partition coefficient (Wildman–Crippen LogP) is 2.30. The van der Waals surface area contributed by atoms with E-state index in [-0.39, 0.29) is 0 Å². The highest BCUT2D eigenvalue weighted by molar-refractivity contribution is 7.71. The lowest BCUT2D eigenvalue weighted by Gasteiger charge is -2.27. The molecule has 2 fully saturated rings. The van der Waals surface area contributed by atoms with Gasteiger partial charge in [0.2, 0.25) is 0 Å². The zero-order valence-electron chi connectivity index (χ0n) is 12.2. The maximum absolute atomic E-state index is 5.57. The van der Waals surface area contributed by atoms with E-state index in [0.717, 1.165) is 18.1 Å². The van der Waals surface area contributed by atoms with Gasteiger partial charge >= 0.3 is 0 Å². The van der Waals surface area contributed by atoms with Crippen molar-refractivity contribution in [1.82, 2.24) is 24.1 Å². The zero-order chi connectivity index (χ0) is 13.8. The minimum atomic E-state index is 0.853. The Balaban J connectivity index is 1.60. The summed E-state index contributed by atoms with van der Waals surface area (Å²) in [6.07, 6.45) is 9.89. The lowest BCUT2D eigenvalue weighted by molar-refractivity contribution is 0.167. The molecule has 0 spiro atoms. The van der Waals surface area contributed by atoms with E-state index in [2.05, 4.69) is 19.5 Å². The Hall–Kier alpha value is -0.720. The second-order valence-corrected chi connectivity index (χ2v) is 6.39. The molecule has 0 atom stereocenters. The van der Waals surface area contributed by atoms with Crippen LogP contribution in [-0.2, 0) is 13.3 Å². The minimum Gasteiger partial charge on any atom is -0.293 e. The Morgan fingerprint density at radius 2 is 1.40 bits per heavy atom. The molecule has 0 unspecified atom stereocenters. The molecule has 0 aromatic carbocycles. The molecule has 20 heavy (non-hydrogen) atoms. The van der Waals surface area contributed by atoms with Crippen LogP contribution in [0.25, 0.3) is 0 Å². The van der Waals surface area contributed by atoms with Crippen molar-refractivity contribution in [2.45, 2.75) is 51.9 Å². The lowest BCUT2D eigenvalue weighted by Crippen LogP contribution is -2.33. The molecule has 0 bridgehead atoms. The maximum Gasteiger partial charge on any atom is 0.200 e. The number of hydrogen-bond donors (Lipinski definition) is 0. The predicted molar refractivity (Wildman–Crippen MR) is 81.9 cm³/mol. The molecule has 5 nitrogen and oxygen atoms in total. The summed E-state index contributed by atoms with van der Waals surface area (Å²) in [6.45, 7) is 6.50. The standard InChI is InChI=1S/C14H25N5S/c20-14-18(12-16-7-3-1-4-8-16)11-15-19(14)13-17-9-5-2-6-10-17/h11H,1-10,12-13H2. The average Bonchev–Trinajstić information content (AvgIpc) is 2.83. The van der Waals surface area contributed by atoms with E-state index in [1.165, 1.54) is 64.7 Å². The Kier molecular flexibility index (Phi) is 4.86. The van der Waals surface area contributed by atoms with Crippen LogP contribution in [0, 0.1) is 4.77 Å². The third kappa shape index (κ3) is 3.48.